The summed E-state index contributed by atoms with van der Waals surface area (Å²) in [6.45, 7) is 6.10. The van der Waals surface area contributed by atoms with Crippen molar-refractivity contribution < 1.29 is 0 Å². The fraction of sp³-hybridized carbons (Fsp3) is 0.625. The summed E-state index contributed by atoms with van der Waals surface area (Å²) < 4.78 is 0. The predicted molar refractivity (Wildman–Crippen MR) is 55.3 cm³/mol. The van der Waals surface area contributed by atoms with Crippen LogP contribution >= 0.6 is 23.8 Å². The monoisotopic (exact) mass is 191 g/mol. The number of nitrogens with one attached hydrogen (secondary N) is 1. The van der Waals surface area contributed by atoms with Crippen molar-refractivity contribution in [2.24, 2.45) is 0 Å². The predicted octanol–water partition coefficient (Wildman–Crippen LogP) is 2.50. The van der Waals surface area contributed by atoms with Gasteiger partial charge in [-0.3, -0.25) is 0 Å². The molecule has 0 aromatic rings. The van der Waals surface area contributed by atoms with Crippen LogP contribution in [0.4, 0.5) is 0 Å². The van der Waals surface area contributed by atoms with Crippen LogP contribution < -0.4 is 5.32 Å². The first kappa shape index (κ1) is 10.9. The van der Waals surface area contributed by atoms with Crippen LogP contribution in [0, 0.1) is 0 Å². The molecule has 0 bridgehead atoms. The summed E-state index contributed by atoms with van der Waals surface area (Å²) in [7, 11) is 0. The number of rotatable bonds is 4. The van der Waals surface area contributed by atoms with E-state index < -0.39 is 0 Å². The lowest BCUT2D eigenvalue weighted by atomic mass is 10.2. The Morgan fingerprint density at radius 3 is 2.45 bits per heavy atom. The molecule has 1 N–H and O–H groups in total. The summed E-state index contributed by atoms with van der Waals surface area (Å²) in [6.07, 6.45) is 0. The second kappa shape index (κ2) is 5.56. The molecule has 0 aromatic carbocycles. The van der Waals surface area contributed by atoms with E-state index in [1.54, 1.807) is 5.37 Å². The van der Waals surface area contributed by atoms with Crippen LogP contribution in [0.2, 0.25) is 0 Å². The zero-order valence-electron chi connectivity index (χ0n) is 7.15. The van der Waals surface area contributed by atoms with E-state index in [4.69, 9.17) is 23.8 Å². The van der Waals surface area contributed by atoms with E-state index >= 15 is 0 Å². The van der Waals surface area contributed by atoms with E-state index in [1.807, 2.05) is 6.92 Å². The second-order valence-electron chi connectivity index (χ2n) is 2.71. The van der Waals surface area contributed by atoms with Gasteiger partial charge in [0.1, 0.15) is 0 Å². The number of hydrogen-bond acceptors (Lipinski definition) is 2. The number of hydrogen-bond donors (Lipinski definition) is 1. The smallest absolute Gasteiger partial charge is 0.0624 e. The summed E-state index contributed by atoms with van der Waals surface area (Å²) in [5.41, 5.74) is 2.07. The minimum absolute atomic E-state index is 0.411. The van der Waals surface area contributed by atoms with Crippen molar-refractivity contribution in [2.75, 3.05) is 5.88 Å². The Balaban J connectivity index is 4.26. The van der Waals surface area contributed by atoms with E-state index in [1.165, 1.54) is 0 Å². The molecule has 11 heavy (non-hydrogen) atoms. The van der Waals surface area contributed by atoms with Gasteiger partial charge in [-0.2, -0.15) is 0 Å². The van der Waals surface area contributed by atoms with Gasteiger partial charge in [0.15, 0.2) is 0 Å². The Bertz CT molecular complexity index is 163. The van der Waals surface area contributed by atoms with Crippen molar-refractivity contribution in [3.8, 4) is 0 Å². The molecule has 1 nitrogen and oxygen atoms in total. The molecule has 0 amide bonds. The fourth-order valence-corrected chi connectivity index (χ4v) is 1.11. The highest BCUT2D eigenvalue weighted by molar-refractivity contribution is 7.79. The van der Waals surface area contributed by atoms with E-state index in [9.17, 15) is 0 Å². The molecule has 0 aliphatic carbocycles. The van der Waals surface area contributed by atoms with Gasteiger partial charge in [0.2, 0.25) is 0 Å². The first-order chi connectivity index (χ1) is 5.11. The molecule has 0 atom stereocenters. The highest BCUT2D eigenvalue weighted by Gasteiger charge is 1.99. The second-order valence-corrected chi connectivity index (χ2v) is 3.22. The first-order valence-corrected chi connectivity index (χ1v) is 4.59. The maximum atomic E-state index is 5.70. The van der Waals surface area contributed by atoms with E-state index in [0.717, 1.165) is 11.3 Å². The Hall–Kier alpha value is -0.0800. The van der Waals surface area contributed by atoms with Gasteiger partial charge in [-0.25, -0.2) is 0 Å². The molecule has 0 unspecified atom stereocenters. The molecule has 3 heteroatoms. The van der Waals surface area contributed by atoms with Gasteiger partial charge in [0, 0.05) is 17.1 Å². The zero-order chi connectivity index (χ0) is 8.85. The van der Waals surface area contributed by atoms with Crippen LogP contribution in [0.3, 0.4) is 0 Å². The third-order valence-corrected chi connectivity index (χ3v) is 1.87. The van der Waals surface area contributed by atoms with Gasteiger partial charge in [-0.15, -0.1) is 11.6 Å². The maximum Gasteiger partial charge on any atom is 0.0624 e. The van der Waals surface area contributed by atoms with Crippen molar-refractivity contribution in [1.29, 1.82) is 0 Å². The molecule has 0 aromatic heterocycles. The van der Waals surface area contributed by atoms with Crippen molar-refractivity contribution in [3.63, 3.8) is 0 Å². The average Bonchev–Trinajstić information content (AvgIpc) is 1.98. The van der Waals surface area contributed by atoms with Crippen LogP contribution in [0.5, 0.6) is 0 Å². The average molecular weight is 192 g/mol. The Morgan fingerprint density at radius 1 is 1.64 bits per heavy atom. The zero-order valence-corrected chi connectivity index (χ0v) is 8.72. The summed E-state index contributed by atoms with van der Waals surface area (Å²) >= 11 is 10.5. The van der Waals surface area contributed by atoms with E-state index in [0.29, 0.717) is 11.9 Å². The minimum atomic E-state index is 0.411. The Labute approximate surface area is 78.8 Å². The van der Waals surface area contributed by atoms with Gasteiger partial charge in [-0.05, 0) is 26.3 Å². The lowest BCUT2D eigenvalue weighted by Crippen LogP contribution is -2.24. The molecule has 0 saturated heterocycles. The summed E-state index contributed by atoms with van der Waals surface area (Å²) in [6, 6.07) is 0.411. The normalized spacial score (nSPS) is 12.8. The molecule has 0 radical (unpaired) electrons. The summed E-state index contributed by atoms with van der Waals surface area (Å²) in [5.74, 6) is 0.497. The maximum absolute atomic E-state index is 5.70. The number of halogens is 1. The minimum Gasteiger partial charge on any atom is -0.385 e. The summed E-state index contributed by atoms with van der Waals surface area (Å²) in [4.78, 5) is 0. The third kappa shape index (κ3) is 4.38. The number of alkyl halides is 1. The quantitative estimate of drug-likeness (QED) is 0.417. The molecular weight excluding hydrogens is 178 g/mol. The molecule has 0 fully saturated rings. The molecule has 0 rings (SSSR count). The van der Waals surface area contributed by atoms with Crippen LogP contribution in [0.25, 0.3) is 0 Å². The van der Waals surface area contributed by atoms with Gasteiger partial charge in [-0.1, -0.05) is 12.2 Å². The van der Waals surface area contributed by atoms with Crippen molar-refractivity contribution in [3.05, 3.63) is 11.3 Å². The molecule has 0 spiro atoms. The standard InChI is InChI=1S/C8H14ClNS/c1-6(2)10-8(4-9)7(3)5-11/h5-6,10H,4H2,1-3H3/b8-7-. The van der Waals surface area contributed by atoms with Gasteiger partial charge < -0.3 is 5.32 Å². The van der Waals surface area contributed by atoms with Gasteiger partial charge in [0.25, 0.3) is 0 Å². The third-order valence-electron chi connectivity index (χ3n) is 1.25. The fourth-order valence-electron chi connectivity index (χ4n) is 0.677. The molecule has 0 saturated carbocycles. The van der Waals surface area contributed by atoms with Crippen molar-refractivity contribution in [2.45, 2.75) is 26.8 Å². The molecule has 64 valence electrons. The number of allylic oxidation sites excluding steroid dienone is 2. The summed E-state index contributed by atoms with van der Waals surface area (Å²) in [5, 5.41) is 4.88. The highest BCUT2D eigenvalue weighted by atomic mass is 35.5. The SMILES string of the molecule is C/C(C=S)=C(\CCl)NC(C)C. The van der Waals surface area contributed by atoms with Crippen LogP contribution in [-0.4, -0.2) is 17.3 Å². The topological polar surface area (TPSA) is 12.0 Å². The van der Waals surface area contributed by atoms with Crippen molar-refractivity contribution in [1.82, 2.24) is 5.32 Å². The largest absolute Gasteiger partial charge is 0.385 e. The Kier molecular flexibility index (Phi) is 5.51. The highest BCUT2D eigenvalue weighted by Crippen LogP contribution is 2.02. The molecule has 0 heterocycles. The molecule has 0 aliphatic rings. The first-order valence-electron chi connectivity index (χ1n) is 3.59. The van der Waals surface area contributed by atoms with Crippen molar-refractivity contribution >= 4 is 29.2 Å². The van der Waals surface area contributed by atoms with Gasteiger partial charge >= 0.3 is 0 Å². The van der Waals surface area contributed by atoms with Crippen LogP contribution in [0.15, 0.2) is 11.3 Å². The Morgan fingerprint density at radius 2 is 2.18 bits per heavy atom. The number of thiocarbonyl (C=S) groups is 1. The molecule has 0 aliphatic heterocycles. The van der Waals surface area contributed by atoms with E-state index in [2.05, 4.69) is 19.2 Å². The van der Waals surface area contributed by atoms with Crippen LogP contribution in [0.1, 0.15) is 20.8 Å². The van der Waals surface area contributed by atoms with E-state index in [-0.39, 0.29) is 0 Å². The molecular formula is C8H14ClNS. The van der Waals surface area contributed by atoms with Crippen LogP contribution in [-0.2, 0) is 0 Å². The van der Waals surface area contributed by atoms with Gasteiger partial charge in [0.05, 0.1) is 5.88 Å². The lowest BCUT2D eigenvalue weighted by Gasteiger charge is -2.13. The lowest BCUT2D eigenvalue weighted by molar-refractivity contribution is 0.668.